The first-order valence-electron chi connectivity index (χ1n) is 10.3. The van der Waals surface area contributed by atoms with E-state index in [0.29, 0.717) is 42.7 Å². The Hall–Kier alpha value is -2.73. The number of nitrogens with zero attached hydrogens (tertiary/aromatic N) is 2. The molecule has 1 aliphatic rings. The number of rotatable bonds is 8. The van der Waals surface area contributed by atoms with Gasteiger partial charge in [0.1, 0.15) is 6.61 Å². The highest BCUT2D eigenvalue weighted by Gasteiger charge is 2.31. The molecular weight excluding hydrogens is 396 g/mol. The van der Waals surface area contributed by atoms with Crippen molar-refractivity contribution in [1.82, 2.24) is 4.90 Å². The SMILES string of the molecule is CCN=C1S/C(=C/c2ccc(OCc3cccc(C)c3)c(OCC)c2)C(=O)N1CC. The van der Waals surface area contributed by atoms with Crippen molar-refractivity contribution in [3.63, 3.8) is 0 Å². The molecule has 0 N–H and O–H groups in total. The van der Waals surface area contributed by atoms with E-state index in [-0.39, 0.29) is 5.91 Å². The van der Waals surface area contributed by atoms with Crippen molar-refractivity contribution in [2.24, 2.45) is 4.99 Å². The molecule has 3 rings (SSSR count). The molecule has 158 valence electrons. The van der Waals surface area contributed by atoms with E-state index < -0.39 is 0 Å². The molecule has 1 fully saturated rings. The van der Waals surface area contributed by atoms with Crippen LogP contribution in [0.3, 0.4) is 0 Å². The third-order valence-corrected chi connectivity index (χ3v) is 5.58. The molecule has 6 heteroatoms. The number of ether oxygens (including phenoxy) is 2. The van der Waals surface area contributed by atoms with E-state index in [1.807, 2.05) is 57.2 Å². The molecule has 0 bridgehead atoms. The summed E-state index contributed by atoms with van der Waals surface area (Å²) in [5.41, 5.74) is 3.21. The highest BCUT2D eigenvalue weighted by molar-refractivity contribution is 8.18. The second-order valence-electron chi connectivity index (χ2n) is 6.83. The quantitative estimate of drug-likeness (QED) is 0.541. The number of amides is 1. The molecule has 2 aromatic carbocycles. The zero-order chi connectivity index (χ0) is 21.5. The van der Waals surface area contributed by atoms with Gasteiger partial charge in [-0.3, -0.25) is 14.7 Å². The Kier molecular flexibility index (Phi) is 7.57. The molecule has 1 amide bonds. The lowest BCUT2D eigenvalue weighted by molar-refractivity contribution is -0.122. The Labute approximate surface area is 182 Å². The minimum absolute atomic E-state index is 0.00701. The lowest BCUT2D eigenvalue weighted by atomic mass is 10.1. The summed E-state index contributed by atoms with van der Waals surface area (Å²) in [6, 6.07) is 14.0. The van der Waals surface area contributed by atoms with Gasteiger partial charge >= 0.3 is 0 Å². The van der Waals surface area contributed by atoms with Crippen LogP contribution in [0.1, 0.15) is 37.5 Å². The van der Waals surface area contributed by atoms with Crippen LogP contribution in [0.4, 0.5) is 0 Å². The van der Waals surface area contributed by atoms with E-state index in [4.69, 9.17) is 9.47 Å². The average Bonchev–Trinajstić information content (AvgIpc) is 3.02. The fourth-order valence-electron chi connectivity index (χ4n) is 3.16. The van der Waals surface area contributed by atoms with E-state index in [9.17, 15) is 4.79 Å². The molecule has 30 heavy (non-hydrogen) atoms. The number of amidine groups is 1. The summed E-state index contributed by atoms with van der Waals surface area (Å²) in [6.45, 7) is 10.2. The third-order valence-electron chi connectivity index (χ3n) is 4.54. The van der Waals surface area contributed by atoms with Crippen LogP contribution in [0.25, 0.3) is 6.08 Å². The first-order chi connectivity index (χ1) is 14.5. The van der Waals surface area contributed by atoms with Gasteiger partial charge in [-0.2, -0.15) is 0 Å². The van der Waals surface area contributed by atoms with Crippen molar-refractivity contribution in [2.75, 3.05) is 19.7 Å². The number of hydrogen-bond donors (Lipinski definition) is 0. The molecule has 1 heterocycles. The van der Waals surface area contributed by atoms with Crippen LogP contribution in [0.2, 0.25) is 0 Å². The van der Waals surface area contributed by atoms with Crippen LogP contribution >= 0.6 is 11.8 Å². The molecule has 0 saturated carbocycles. The van der Waals surface area contributed by atoms with E-state index in [1.165, 1.54) is 17.3 Å². The molecule has 0 spiro atoms. The Morgan fingerprint density at radius 2 is 1.90 bits per heavy atom. The summed E-state index contributed by atoms with van der Waals surface area (Å²) in [5.74, 6) is 1.35. The zero-order valence-electron chi connectivity index (χ0n) is 18.0. The van der Waals surface area contributed by atoms with Crippen LogP contribution in [0.15, 0.2) is 52.4 Å². The molecule has 0 aliphatic carbocycles. The topological polar surface area (TPSA) is 51.1 Å². The average molecular weight is 425 g/mol. The van der Waals surface area contributed by atoms with Crippen molar-refractivity contribution < 1.29 is 14.3 Å². The molecule has 5 nitrogen and oxygen atoms in total. The van der Waals surface area contributed by atoms with Gasteiger partial charge in [0.15, 0.2) is 16.7 Å². The van der Waals surface area contributed by atoms with Gasteiger partial charge in [0.05, 0.1) is 11.5 Å². The number of thioether (sulfide) groups is 1. The lowest BCUT2D eigenvalue weighted by Crippen LogP contribution is -2.28. The second-order valence-corrected chi connectivity index (χ2v) is 7.84. The van der Waals surface area contributed by atoms with E-state index in [1.54, 1.807) is 4.90 Å². The van der Waals surface area contributed by atoms with Gasteiger partial charge in [-0.15, -0.1) is 0 Å². The maximum atomic E-state index is 12.7. The summed E-state index contributed by atoms with van der Waals surface area (Å²) in [6.07, 6.45) is 1.89. The summed E-state index contributed by atoms with van der Waals surface area (Å²) in [4.78, 5) is 19.5. The fourth-order valence-corrected chi connectivity index (χ4v) is 4.26. The normalized spacial score (nSPS) is 16.5. The van der Waals surface area contributed by atoms with Crippen molar-refractivity contribution >= 4 is 28.9 Å². The van der Waals surface area contributed by atoms with Gasteiger partial charge in [-0.1, -0.05) is 35.9 Å². The van der Waals surface area contributed by atoms with Crippen molar-refractivity contribution in [3.05, 3.63) is 64.1 Å². The smallest absolute Gasteiger partial charge is 0.266 e. The number of aliphatic imine (C=N–C) groups is 1. The third kappa shape index (κ3) is 5.25. The number of carbonyl (C=O) groups excluding carboxylic acids is 1. The lowest BCUT2D eigenvalue weighted by Gasteiger charge is -2.13. The van der Waals surface area contributed by atoms with E-state index in [2.05, 4.69) is 24.0 Å². The van der Waals surface area contributed by atoms with Crippen LogP contribution in [-0.2, 0) is 11.4 Å². The number of hydrogen-bond acceptors (Lipinski definition) is 5. The maximum Gasteiger partial charge on any atom is 0.266 e. The van der Waals surface area contributed by atoms with Gasteiger partial charge in [-0.05, 0) is 68.8 Å². The number of benzene rings is 2. The predicted octanol–water partition coefficient (Wildman–Crippen LogP) is 5.28. The summed E-state index contributed by atoms with van der Waals surface area (Å²) in [5, 5.41) is 0.763. The van der Waals surface area contributed by atoms with Crippen molar-refractivity contribution in [3.8, 4) is 11.5 Å². The molecular formula is C24H28N2O3S. The molecule has 0 radical (unpaired) electrons. The highest BCUT2D eigenvalue weighted by Crippen LogP contribution is 2.35. The predicted molar refractivity (Wildman–Crippen MR) is 124 cm³/mol. The van der Waals surface area contributed by atoms with Crippen LogP contribution < -0.4 is 9.47 Å². The zero-order valence-corrected chi connectivity index (χ0v) is 18.8. The van der Waals surface area contributed by atoms with Crippen LogP contribution in [0, 0.1) is 6.92 Å². The maximum absolute atomic E-state index is 12.7. The minimum atomic E-state index is -0.00701. The van der Waals surface area contributed by atoms with Gasteiger partial charge < -0.3 is 9.47 Å². The molecule has 0 unspecified atom stereocenters. The monoisotopic (exact) mass is 424 g/mol. The first-order valence-corrected chi connectivity index (χ1v) is 11.1. The molecule has 1 aliphatic heterocycles. The summed E-state index contributed by atoms with van der Waals surface area (Å²) in [7, 11) is 0. The minimum Gasteiger partial charge on any atom is -0.490 e. The summed E-state index contributed by atoms with van der Waals surface area (Å²) >= 11 is 1.42. The number of likely N-dealkylation sites (N-methyl/N-ethyl adjacent to an activating group) is 1. The fraction of sp³-hybridized carbons (Fsp3) is 0.333. The first kappa shape index (κ1) is 22.0. The van der Waals surface area contributed by atoms with Crippen LogP contribution in [-0.4, -0.2) is 35.7 Å². The highest BCUT2D eigenvalue weighted by atomic mass is 32.2. The van der Waals surface area contributed by atoms with E-state index in [0.717, 1.165) is 16.3 Å². The van der Waals surface area contributed by atoms with E-state index >= 15 is 0 Å². The molecule has 2 aromatic rings. The number of aryl methyl sites for hydroxylation is 1. The molecule has 0 aromatic heterocycles. The van der Waals surface area contributed by atoms with Crippen molar-refractivity contribution in [1.29, 1.82) is 0 Å². The molecule has 0 atom stereocenters. The Morgan fingerprint density at radius 1 is 1.07 bits per heavy atom. The van der Waals surface area contributed by atoms with Crippen LogP contribution in [0.5, 0.6) is 11.5 Å². The van der Waals surface area contributed by atoms with Crippen molar-refractivity contribution in [2.45, 2.75) is 34.3 Å². The second kappa shape index (κ2) is 10.3. The Morgan fingerprint density at radius 3 is 2.60 bits per heavy atom. The molecule has 1 saturated heterocycles. The number of carbonyl (C=O) groups is 1. The Balaban J connectivity index is 1.81. The largest absolute Gasteiger partial charge is 0.490 e. The van der Waals surface area contributed by atoms with Gasteiger partial charge in [0.25, 0.3) is 5.91 Å². The Bertz CT molecular complexity index is 969. The van der Waals surface area contributed by atoms with Gasteiger partial charge in [0, 0.05) is 13.1 Å². The van der Waals surface area contributed by atoms with Gasteiger partial charge in [0.2, 0.25) is 0 Å². The van der Waals surface area contributed by atoms with Gasteiger partial charge in [-0.25, -0.2) is 0 Å². The standard InChI is InChI=1S/C24H28N2O3S/c1-5-25-24-26(6-2)23(27)22(30-24)15-18-11-12-20(21(14-18)28-7-3)29-16-19-10-8-9-17(4)13-19/h8-15H,5-7,16H2,1-4H3/b22-15+,25-24?. The summed E-state index contributed by atoms with van der Waals surface area (Å²) < 4.78 is 11.8.